The molecular formula is C14H10Cl2N4S. The van der Waals surface area contributed by atoms with Crippen molar-refractivity contribution in [2.45, 2.75) is 0 Å². The Morgan fingerprint density at radius 2 is 2.10 bits per heavy atom. The first-order valence-corrected chi connectivity index (χ1v) is 7.65. The molecule has 1 aromatic carbocycles. The van der Waals surface area contributed by atoms with Crippen LogP contribution in [0.5, 0.6) is 0 Å². The third-order valence-electron chi connectivity index (χ3n) is 2.83. The number of nitrogens with one attached hydrogen (secondary N) is 1. The van der Waals surface area contributed by atoms with Crippen LogP contribution < -0.4 is 11.1 Å². The average Bonchev–Trinajstić information content (AvgIpc) is 2.96. The summed E-state index contributed by atoms with van der Waals surface area (Å²) in [6.45, 7) is 0. The van der Waals surface area contributed by atoms with Crippen LogP contribution in [0.25, 0.3) is 11.4 Å². The Kier molecular flexibility index (Phi) is 4.05. The van der Waals surface area contributed by atoms with Crippen LogP contribution in [0.2, 0.25) is 10.3 Å². The Morgan fingerprint density at radius 1 is 1.24 bits per heavy atom. The van der Waals surface area contributed by atoms with Crippen molar-refractivity contribution in [2.75, 3.05) is 0 Å². The first kappa shape index (κ1) is 14.3. The van der Waals surface area contributed by atoms with Crippen LogP contribution in [-0.4, -0.2) is 9.97 Å². The zero-order valence-electron chi connectivity index (χ0n) is 10.7. The van der Waals surface area contributed by atoms with E-state index < -0.39 is 0 Å². The number of nitrogens with two attached hydrogens (primary N) is 1. The van der Waals surface area contributed by atoms with Crippen LogP contribution in [0.3, 0.4) is 0 Å². The van der Waals surface area contributed by atoms with Crippen molar-refractivity contribution in [3.63, 3.8) is 0 Å². The minimum atomic E-state index is 0.169. The Bertz CT molecular complexity index is 758. The summed E-state index contributed by atoms with van der Waals surface area (Å²) in [4.78, 5) is 7.95. The van der Waals surface area contributed by atoms with Crippen molar-refractivity contribution in [1.82, 2.24) is 15.3 Å². The molecule has 0 saturated carbocycles. The van der Waals surface area contributed by atoms with Crippen LogP contribution in [-0.2, 0) is 0 Å². The van der Waals surface area contributed by atoms with Crippen molar-refractivity contribution in [2.24, 2.45) is 5.73 Å². The summed E-state index contributed by atoms with van der Waals surface area (Å²) in [5.41, 5.74) is 9.19. The molecule has 0 bridgehead atoms. The summed E-state index contributed by atoms with van der Waals surface area (Å²) in [5.74, 6) is 0. The van der Waals surface area contributed by atoms with Gasteiger partial charge in [0.25, 0.3) is 0 Å². The maximum atomic E-state index is 6.13. The molecule has 1 aliphatic heterocycles. The van der Waals surface area contributed by atoms with Gasteiger partial charge in [-0.05, 0) is 35.4 Å². The van der Waals surface area contributed by atoms with E-state index in [-0.39, 0.29) is 5.28 Å². The molecule has 0 aliphatic carbocycles. The molecule has 0 spiro atoms. The van der Waals surface area contributed by atoms with Crippen LogP contribution in [0, 0.1) is 0 Å². The molecule has 4 nitrogen and oxygen atoms in total. The number of benzene rings is 1. The summed E-state index contributed by atoms with van der Waals surface area (Å²) >= 11 is 13.3. The van der Waals surface area contributed by atoms with E-state index in [1.54, 1.807) is 12.3 Å². The number of hydrogen-bond acceptors (Lipinski definition) is 5. The Balaban J connectivity index is 1.87. The number of hydrogen-bond donors (Lipinski definition) is 2. The Labute approximate surface area is 136 Å². The molecule has 7 heteroatoms. The minimum Gasteiger partial charge on any atom is -0.395 e. The van der Waals surface area contributed by atoms with E-state index in [9.17, 15) is 0 Å². The molecule has 2 aromatic rings. The lowest BCUT2D eigenvalue weighted by Crippen LogP contribution is -2.11. The molecule has 0 amide bonds. The van der Waals surface area contributed by atoms with Crippen LogP contribution in [0.15, 0.2) is 47.0 Å². The molecule has 0 fully saturated rings. The molecule has 1 aromatic heterocycles. The highest BCUT2D eigenvalue weighted by atomic mass is 35.5. The third-order valence-corrected chi connectivity index (χ3v) is 4.15. The molecule has 106 valence electrons. The Morgan fingerprint density at radius 3 is 2.86 bits per heavy atom. The van der Waals surface area contributed by atoms with E-state index in [2.05, 4.69) is 15.3 Å². The fraction of sp³-hybridized carbons (Fsp3) is 0. The van der Waals surface area contributed by atoms with E-state index in [0.717, 1.165) is 16.3 Å². The van der Waals surface area contributed by atoms with Gasteiger partial charge in [0.2, 0.25) is 5.28 Å². The Hall–Kier alpha value is -1.69. The highest BCUT2D eigenvalue weighted by Gasteiger charge is 2.16. The number of halogens is 2. The van der Waals surface area contributed by atoms with Gasteiger partial charge in [-0.1, -0.05) is 35.5 Å². The summed E-state index contributed by atoms with van der Waals surface area (Å²) in [7, 11) is 0. The zero-order chi connectivity index (χ0) is 14.8. The first-order valence-electron chi connectivity index (χ1n) is 6.02. The van der Waals surface area contributed by atoms with Gasteiger partial charge in [-0.3, -0.25) is 0 Å². The molecule has 0 unspecified atom stereocenters. The summed E-state index contributed by atoms with van der Waals surface area (Å²) in [5, 5.41) is 6.91. The topological polar surface area (TPSA) is 63.8 Å². The van der Waals surface area contributed by atoms with Crippen molar-refractivity contribution in [1.29, 1.82) is 0 Å². The highest BCUT2D eigenvalue weighted by Crippen LogP contribution is 2.33. The van der Waals surface area contributed by atoms with Gasteiger partial charge in [0, 0.05) is 16.6 Å². The SMILES string of the molecule is N/C(=C1\NC(c2cccc(Cl)c2)=CS1)c1ccnc(Cl)n1. The third kappa shape index (κ3) is 3.15. The second-order valence-corrected chi connectivity index (χ2v) is 5.89. The summed E-state index contributed by atoms with van der Waals surface area (Å²) in [6.07, 6.45) is 1.57. The lowest BCUT2D eigenvalue weighted by atomic mass is 10.2. The zero-order valence-corrected chi connectivity index (χ0v) is 13.0. The van der Waals surface area contributed by atoms with E-state index >= 15 is 0 Å². The van der Waals surface area contributed by atoms with E-state index in [1.165, 1.54) is 11.8 Å². The second-order valence-electron chi connectivity index (χ2n) is 4.24. The van der Waals surface area contributed by atoms with Gasteiger partial charge in [-0.25, -0.2) is 9.97 Å². The van der Waals surface area contributed by atoms with Crippen molar-refractivity contribution < 1.29 is 0 Å². The molecule has 1 aliphatic rings. The largest absolute Gasteiger partial charge is 0.395 e. The monoisotopic (exact) mass is 336 g/mol. The number of nitrogens with zero attached hydrogens (tertiary/aromatic N) is 2. The van der Waals surface area contributed by atoms with E-state index in [4.69, 9.17) is 28.9 Å². The predicted molar refractivity (Wildman–Crippen MR) is 88.3 cm³/mol. The maximum absolute atomic E-state index is 6.13. The van der Waals surface area contributed by atoms with E-state index in [0.29, 0.717) is 16.4 Å². The minimum absolute atomic E-state index is 0.169. The van der Waals surface area contributed by atoms with Crippen LogP contribution in [0.1, 0.15) is 11.3 Å². The first-order chi connectivity index (χ1) is 10.1. The molecule has 3 rings (SSSR count). The molecule has 0 saturated heterocycles. The van der Waals surface area contributed by atoms with Gasteiger partial charge >= 0.3 is 0 Å². The smallest absolute Gasteiger partial charge is 0.222 e. The molecule has 2 heterocycles. The van der Waals surface area contributed by atoms with Gasteiger partial charge in [0.1, 0.15) is 5.03 Å². The van der Waals surface area contributed by atoms with Gasteiger partial charge in [0.15, 0.2) is 0 Å². The van der Waals surface area contributed by atoms with E-state index in [1.807, 2.05) is 29.7 Å². The summed E-state index contributed by atoms with van der Waals surface area (Å²) < 4.78 is 0. The van der Waals surface area contributed by atoms with Gasteiger partial charge in [0.05, 0.1) is 17.1 Å². The molecule has 21 heavy (non-hydrogen) atoms. The van der Waals surface area contributed by atoms with Crippen LogP contribution in [0.4, 0.5) is 0 Å². The van der Waals surface area contributed by atoms with Gasteiger partial charge in [-0.15, -0.1) is 0 Å². The number of rotatable bonds is 2. The van der Waals surface area contributed by atoms with Crippen molar-refractivity contribution >= 4 is 46.4 Å². The number of thioether (sulfide) groups is 1. The quantitative estimate of drug-likeness (QED) is 0.818. The fourth-order valence-corrected chi connectivity index (χ4v) is 3.00. The highest BCUT2D eigenvalue weighted by molar-refractivity contribution is 8.06. The molecule has 0 atom stereocenters. The van der Waals surface area contributed by atoms with Crippen molar-refractivity contribution in [3.05, 3.63) is 68.5 Å². The van der Waals surface area contributed by atoms with Crippen molar-refractivity contribution in [3.8, 4) is 0 Å². The predicted octanol–water partition coefficient (Wildman–Crippen LogP) is 3.70. The average molecular weight is 337 g/mol. The lowest BCUT2D eigenvalue weighted by Gasteiger charge is -2.08. The summed E-state index contributed by atoms with van der Waals surface area (Å²) in [6, 6.07) is 9.32. The lowest BCUT2D eigenvalue weighted by molar-refractivity contribution is 1.12. The second kappa shape index (κ2) is 5.97. The normalized spacial score (nSPS) is 16.4. The molecule has 3 N–H and O–H groups in total. The van der Waals surface area contributed by atoms with Crippen LogP contribution >= 0.6 is 35.0 Å². The fourth-order valence-electron chi connectivity index (χ4n) is 1.83. The van der Waals surface area contributed by atoms with Gasteiger partial charge in [-0.2, -0.15) is 0 Å². The standard InChI is InChI=1S/C14H10Cl2N4S/c15-9-3-1-2-8(6-9)11-7-21-13(19-11)12(17)10-4-5-18-14(16)20-10/h1-7,19H,17H2/b13-12+. The molecular weight excluding hydrogens is 327 g/mol. The van der Waals surface area contributed by atoms with Gasteiger partial charge < -0.3 is 11.1 Å². The molecule has 0 radical (unpaired) electrons. The number of aromatic nitrogens is 2. The maximum Gasteiger partial charge on any atom is 0.222 e.